The molecule has 10 heteroatoms. The smallest absolute Gasteiger partial charge is 0.264 e. The third-order valence-corrected chi connectivity index (χ3v) is 5.53. The van der Waals surface area contributed by atoms with Crippen LogP contribution in [0, 0.1) is 5.82 Å². The maximum absolute atomic E-state index is 12.8. The van der Waals surface area contributed by atoms with Gasteiger partial charge < -0.3 is 14.2 Å². The van der Waals surface area contributed by atoms with Crippen molar-refractivity contribution in [1.29, 1.82) is 0 Å². The lowest BCUT2D eigenvalue weighted by molar-refractivity contribution is -0.124. The summed E-state index contributed by atoms with van der Waals surface area (Å²) in [6, 6.07) is 9.95. The number of nitrogens with one attached hydrogen (secondary N) is 1. The summed E-state index contributed by atoms with van der Waals surface area (Å²) >= 11 is 0. The standard InChI is InChI=1S/C21H24FNO7S/c1-28-19-10-7-16(12-20(19)29-2)21(25)23-31(26,27)11-3-4-18(24)14-30-13-15-5-8-17(22)9-6-15/h5-10,12H,3-4,11,13-14H2,1-2H3,(H,23,25). The molecule has 0 aliphatic heterocycles. The molecule has 0 atom stereocenters. The van der Waals surface area contributed by atoms with Crippen molar-refractivity contribution in [3.63, 3.8) is 0 Å². The molecular weight excluding hydrogens is 429 g/mol. The van der Waals surface area contributed by atoms with Crippen molar-refractivity contribution in [3.8, 4) is 11.5 Å². The second-order valence-electron chi connectivity index (χ2n) is 6.58. The van der Waals surface area contributed by atoms with E-state index in [2.05, 4.69) is 0 Å². The monoisotopic (exact) mass is 453 g/mol. The topological polar surface area (TPSA) is 108 Å². The lowest BCUT2D eigenvalue weighted by Gasteiger charge is -2.10. The largest absolute Gasteiger partial charge is 0.493 e. The summed E-state index contributed by atoms with van der Waals surface area (Å²) in [7, 11) is -1.09. The Morgan fingerprint density at radius 1 is 1.00 bits per heavy atom. The number of methoxy groups -OCH3 is 2. The second-order valence-corrected chi connectivity index (χ2v) is 8.42. The predicted molar refractivity (Wildman–Crippen MR) is 111 cm³/mol. The van der Waals surface area contributed by atoms with E-state index in [0.29, 0.717) is 11.5 Å². The number of halogens is 1. The number of carbonyl (C=O) groups is 2. The van der Waals surface area contributed by atoms with Gasteiger partial charge in [-0.15, -0.1) is 0 Å². The first-order chi connectivity index (χ1) is 14.7. The zero-order valence-electron chi connectivity index (χ0n) is 17.2. The number of benzene rings is 2. The highest BCUT2D eigenvalue weighted by Gasteiger charge is 2.18. The van der Waals surface area contributed by atoms with Gasteiger partial charge in [-0.1, -0.05) is 12.1 Å². The number of carbonyl (C=O) groups excluding carboxylic acids is 2. The highest BCUT2D eigenvalue weighted by molar-refractivity contribution is 7.90. The maximum atomic E-state index is 12.8. The van der Waals surface area contributed by atoms with E-state index in [1.165, 1.54) is 44.6 Å². The first-order valence-corrected chi connectivity index (χ1v) is 11.0. The van der Waals surface area contributed by atoms with Crippen molar-refractivity contribution in [2.24, 2.45) is 0 Å². The van der Waals surface area contributed by atoms with E-state index < -0.39 is 21.7 Å². The Hall–Kier alpha value is -2.98. The van der Waals surface area contributed by atoms with Crippen LogP contribution in [-0.4, -0.2) is 46.7 Å². The van der Waals surface area contributed by atoms with Gasteiger partial charge in [-0.25, -0.2) is 17.5 Å². The minimum Gasteiger partial charge on any atom is -0.493 e. The Balaban J connectivity index is 1.76. The van der Waals surface area contributed by atoms with Crippen molar-refractivity contribution in [3.05, 3.63) is 59.4 Å². The normalized spacial score (nSPS) is 11.1. The minimum atomic E-state index is -3.93. The summed E-state index contributed by atoms with van der Waals surface area (Å²) < 4.78 is 54.5. The van der Waals surface area contributed by atoms with Gasteiger partial charge >= 0.3 is 0 Å². The molecule has 0 fully saturated rings. The van der Waals surface area contributed by atoms with E-state index in [-0.39, 0.29) is 43.2 Å². The van der Waals surface area contributed by atoms with Crippen LogP contribution in [0.2, 0.25) is 0 Å². The fourth-order valence-corrected chi connectivity index (χ4v) is 3.65. The van der Waals surface area contributed by atoms with E-state index >= 15 is 0 Å². The van der Waals surface area contributed by atoms with Crippen LogP contribution >= 0.6 is 0 Å². The molecule has 0 unspecified atom stereocenters. The number of hydrogen-bond donors (Lipinski definition) is 1. The molecule has 0 radical (unpaired) electrons. The summed E-state index contributed by atoms with van der Waals surface area (Å²) in [6.07, 6.45) is 0.0160. The molecule has 0 heterocycles. The third kappa shape index (κ3) is 7.99. The minimum absolute atomic E-state index is 0.0190. The third-order valence-electron chi connectivity index (χ3n) is 4.21. The summed E-state index contributed by atoms with van der Waals surface area (Å²) in [5, 5.41) is 0. The average molecular weight is 453 g/mol. The van der Waals surface area contributed by atoms with Gasteiger partial charge in [0.1, 0.15) is 12.4 Å². The predicted octanol–water partition coefficient (Wildman–Crippen LogP) is 2.47. The molecule has 8 nitrogen and oxygen atoms in total. The van der Waals surface area contributed by atoms with Gasteiger partial charge in [-0.3, -0.25) is 9.59 Å². The number of amides is 1. The first-order valence-electron chi connectivity index (χ1n) is 9.35. The molecule has 0 bridgehead atoms. The Morgan fingerprint density at radius 3 is 2.32 bits per heavy atom. The molecule has 0 aliphatic rings. The van der Waals surface area contributed by atoms with Crippen molar-refractivity contribution in [1.82, 2.24) is 4.72 Å². The Bertz CT molecular complexity index is 1010. The second kappa shape index (κ2) is 11.4. The van der Waals surface area contributed by atoms with Gasteiger partial charge in [0, 0.05) is 12.0 Å². The van der Waals surface area contributed by atoms with Crippen LogP contribution in [-0.2, 0) is 26.2 Å². The Labute approximate surface area is 180 Å². The van der Waals surface area contributed by atoms with Crippen molar-refractivity contribution in [2.45, 2.75) is 19.4 Å². The summed E-state index contributed by atoms with van der Waals surface area (Å²) in [6.45, 7) is -0.0405. The van der Waals surface area contributed by atoms with Gasteiger partial charge in [-0.2, -0.15) is 0 Å². The number of sulfonamides is 1. The van der Waals surface area contributed by atoms with Gasteiger partial charge in [0.25, 0.3) is 5.91 Å². The zero-order chi connectivity index (χ0) is 22.9. The number of rotatable bonds is 12. The van der Waals surface area contributed by atoms with Crippen LogP contribution < -0.4 is 14.2 Å². The van der Waals surface area contributed by atoms with Gasteiger partial charge in [-0.05, 0) is 42.3 Å². The van der Waals surface area contributed by atoms with Crippen LogP contribution in [0.15, 0.2) is 42.5 Å². The van der Waals surface area contributed by atoms with Crippen LogP contribution in [0.4, 0.5) is 4.39 Å². The van der Waals surface area contributed by atoms with Crippen molar-refractivity contribution in [2.75, 3.05) is 26.6 Å². The van der Waals surface area contributed by atoms with E-state index in [0.717, 1.165) is 5.56 Å². The van der Waals surface area contributed by atoms with Crippen LogP contribution in [0.25, 0.3) is 0 Å². The number of ether oxygens (including phenoxy) is 3. The number of ketones is 1. The van der Waals surface area contributed by atoms with Crippen LogP contribution in [0.3, 0.4) is 0 Å². The molecule has 0 aliphatic carbocycles. The Morgan fingerprint density at radius 2 is 1.68 bits per heavy atom. The molecule has 2 aromatic carbocycles. The quantitative estimate of drug-likeness (QED) is 0.526. The summed E-state index contributed by atoms with van der Waals surface area (Å²) in [5.74, 6) is -1.14. The molecule has 0 saturated heterocycles. The molecule has 2 aromatic rings. The molecule has 2 rings (SSSR count). The highest BCUT2D eigenvalue weighted by Crippen LogP contribution is 2.27. The lowest BCUT2D eigenvalue weighted by Crippen LogP contribution is -2.32. The fourth-order valence-electron chi connectivity index (χ4n) is 2.62. The average Bonchev–Trinajstić information content (AvgIpc) is 2.74. The number of hydrogen-bond acceptors (Lipinski definition) is 7. The number of Topliss-reactive ketones (excluding diaryl/α,β-unsaturated/α-hetero) is 1. The van der Waals surface area contributed by atoms with Crippen molar-refractivity contribution >= 4 is 21.7 Å². The summed E-state index contributed by atoms with van der Waals surface area (Å²) in [4.78, 5) is 24.1. The van der Waals surface area contributed by atoms with Crippen LogP contribution in [0.1, 0.15) is 28.8 Å². The molecule has 31 heavy (non-hydrogen) atoms. The highest BCUT2D eigenvalue weighted by atomic mass is 32.2. The molecule has 168 valence electrons. The SMILES string of the molecule is COc1ccc(C(=O)NS(=O)(=O)CCCC(=O)COCc2ccc(F)cc2)cc1OC. The molecular formula is C21H24FNO7S. The molecule has 1 amide bonds. The Kier molecular flexibility index (Phi) is 8.95. The first kappa shape index (κ1) is 24.3. The van der Waals surface area contributed by atoms with Gasteiger partial charge in [0.05, 0.1) is 26.6 Å². The maximum Gasteiger partial charge on any atom is 0.264 e. The molecule has 0 spiro atoms. The fraction of sp³-hybridized carbons (Fsp3) is 0.333. The van der Waals surface area contributed by atoms with Crippen LogP contribution in [0.5, 0.6) is 11.5 Å². The molecule has 1 N–H and O–H groups in total. The van der Waals surface area contributed by atoms with E-state index in [1.807, 2.05) is 4.72 Å². The molecule has 0 saturated carbocycles. The summed E-state index contributed by atoms with van der Waals surface area (Å²) in [5.41, 5.74) is 0.807. The van der Waals surface area contributed by atoms with Gasteiger partial charge in [0.2, 0.25) is 10.0 Å². The van der Waals surface area contributed by atoms with Gasteiger partial charge in [0.15, 0.2) is 17.3 Å². The molecule has 0 aromatic heterocycles. The van der Waals surface area contributed by atoms with Crippen molar-refractivity contribution < 1.29 is 36.6 Å². The lowest BCUT2D eigenvalue weighted by atomic mass is 10.2. The van der Waals surface area contributed by atoms with E-state index in [4.69, 9.17) is 14.2 Å². The zero-order valence-corrected chi connectivity index (χ0v) is 18.0. The van der Waals surface area contributed by atoms with E-state index in [9.17, 15) is 22.4 Å². The van der Waals surface area contributed by atoms with E-state index in [1.54, 1.807) is 12.1 Å².